The molecule has 2 N–H and O–H groups in total. The number of hydrogen-bond donors (Lipinski definition) is 2. The molecule has 3 rings (SSSR count). The van der Waals surface area contributed by atoms with Crippen molar-refractivity contribution in [2.24, 2.45) is 0 Å². The highest BCUT2D eigenvalue weighted by Gasteiger charge is 2.23. The summed E-state index contributed by atoms with van der Waals surface area (Å²) in [6, 6.07) is 6.23. The summed E-state index contributed by atoms with van der Waals surface area (Å²) in [5.41, 5.74) is 2.16. The fraction of sp³-hybridized carbons (Fsp3) is 0.316. The molecule has 0 saturated carbocycles. The molecule has 138 valence electrons. The van der Waals surface area contributed by atoms with Gasteiger partial charge in [0.15, 0.2) is 11.5 Å². The van der Waals surface area contributed by atoms with Gasteiger partial charge in [-0.25, -0.2) is 0 Å². The number of benzene rings is 2. The van der Waals surface area contributed by atoms with Crippen LogP contribution >= 0.6 is 23.2 Å². The van der Waals surface area contributed by atoms with Gasteiger partial charge in [-0.05, 0) is 43.7 Å². The Labute approximate surface area is 161 Å². The molecule has 5 nitrogen and oxygen atoms in total. The summed E-state index contributed by atoms with van der Waals surface area (Å²) in [5, 5.41) is 13.5. The van der Waals surface area contributed by atoms with Gasteiger partial charge in [0, 0.05) is 22.6 Å². The molecule has 1 heterocycles. The summed E-state index contributed by atoms with van der Waals surface area (Å²) in [5.74, 6) is 0.428. The van der Waals surface area contributed by atoms with Crippen LogP contribution in [0.5, 0.6) is 17.2 Å². The van der Waals surface area contributed by atoms with Crippen molar-refractivity contribution in [2.45, 2.75) is 26.3 Å². The van der Waals surface area contributed by atoms with Gasteiger partial charge in [-0.3, -0.25) is 4.79 Å². The molecule has 0 bridgehead atoms. The van der Waals surface area contributed by atoms with Gasteiger partial charge in [-0.2, -0.15) is 0 Å². The number of amides is 1. The minimum absolute atomic E-state index is 0.0562. The third kappa shape index (κ3) is 3.69. The van der Waals surface area contributed by atoms with Gasteiger partial charge in [0.2, 0.25) is 0 Å². The number of hydrogen-bond acceptors (Lipinski definition) is 4. The van der Waals surface area contributed by atoms with Crippen molar-refractivity contribution in [1.82, 2.24) is 5.32 Å². The first-order valence-corrected chi connectivity index (χ1v) is 9.07. The first kappa shape index (κ1) is 18.7. The van der Waals surface area contributed by atoms with Crippen molar-refractivity contribution >= 4 is 29.1 Å². The van der Waals surface area contributed by atoms with E-state index < -0.39 is 0 Å². The Morgan fingerprint density at radius 1 is 1.35 bits per heavy atom. The largest absolute Gasteiger partial charge is 0.503 e. The number of phenolic OH excluding ortho intramolecular Hbond substituents is 1. The van der Waals surface area contributed by atoms with Crippen LogP contribution in [0.25, 0.3) is 0 Å². The van der Waals surface area contributed by atoms with E-state index in [4.69, 9.17) is 32.7 Å². The summed E-state index contributed by atoms with van der Waals surface area (Å²) in [6.45, 7) is 4.59. The van der Waals surface area contributed by atoms with Crippen molar-refractivity contribution in [3.63, 3.8) is 0 Å². The third-order valence-electron chi connectivity index (χ3n) is 4.18. The van der Waals surface area contributed by atoms with Gasteiger partial charge in [-0.15, -0.1) is 0 Å². The Morgan fingerprint density at radius 3 is 2.85 bits per heavy atom. The summed E-state index contributed by atoms with van der Waals surface area (Å²) < 4.78 is 11.0. The SMILES string of the molecule is CCOc1cc(C(=O)NC(C)c2cc(Cl)cc3c2OCC3)cc(Cl)c1O. The number of halogens is 2. The number of nitrogens with one attached hydrogen (secondary N) is 1. The molecular formula is C19H19Cl2NO4. The van der Waals surface area contributed by atoms with Crippen LogP contribution in [0.1, 0.15) is 41.4 Å². The van der Waals surface area contributed by atoms with E-state index >= 15 is 0 Å². The van der Waals surface area contributed by atoms with Crippen LogP contribution in [-0.4, -0.2) is 24.2 Å². The van der Waals surface area contributed by atoms with Crippen molar-refractivity contribution < 1.29 is 19.4 Å². The maximum Gasteiger partial charge on any atom is 0.251 e. The molecule has 0 radical (unpaired) electrons. The Bertz CT molecular complexity index is 854. The third-order valence-corrected chi connectivity index (χ3v) is 4.69. The van der Waals surface area contributed by atoms with Crippen molar-refractivity contribution in [2.75, 3.05) is 13.2 Å². The molecule has 7 heteroatoms. The highest BCUT2D eigenvalue weighted by molar-refractivity contribution is 6.32. The predicted molar refractivity (Wildman–Crippen MR) is 101 cm³/mol. The smallest absolute Gasteiger partial charge is 0.251 e. The van der Waals surface area contributed by atoms with Crippen LogP contribution in [0.4, 0.5) is 0 Å². The summed E-state index contributed by atoms with van der Waals surface area (Å²) in [7, 11) is 0. The number of aromatic hydroxyl groups is 1. The molecule has 0 saturated heterocycles. The van der Waals surface area contributed by atoms with Crippen LogP contribution < -0.4 is 14.8 Å². The molecule has 2 aromatic rings. The lowest BCUT2D eigenvalue weighted by Gasteiger charge is -2.18. The zero-order valence-corrected chi connectivity index (χ0v) is 15.9. The van der Waals surface area contributed by atoms with Crippen molar-refractivity contribution in [3.8, 4) is 17.2 Å². The van der Waals surface area contributed by atoms with E-state index in [1.807, 2.05) is 13.0 Å². The molecule has 1 aliphatic heterocycles. The van der Waals surface area contributed by atoms with Crippen LogP contribution in [0.2, 0.25) is 10.0 Å². The second kappa shape index (κ2) is 7.64. The Morgan fingerprint density at radius 2 is 2.12 bits per heavy atom. The second-order valence-corrected chi connectivity index (χ2v) is 6.86. The number of carbonyl (C=O) groups is 1. The Hall–Kier alpha value is -2.11. The van der Waals surface area contributed by atoms with E-state index in [9.17, 15) is 9.90 Å². The topological polar surface area (TPSA) is 67.8 Å². The lowest BCUT2D eigenvalue weighted by Crippen LogP contribution is -2.27. The maximum absolute atomic E-state index is 12.7. The monoisotopic (exact) mass is 395 g/mol. The zero-order chi connectivity index (χ0) is 18.8. The Balaban J connectivity index is 1.85. The summed E-state index contributed by atoms with van der Waals surface area (Å²) >= 11 is 12.2. The highest BCUT2D eigenvalue weighted by atomic mass is 35.5. The Kier molecular flexibility index (Phi) is 5.49. The minimum Gasteiger partial charge on any atom is -0.503 e. The molecular weight excluding hydrogens is 377 g/mol. The van der Waals surface area contributed by atoms with Crippen LogP contribution in [0, 0.1) is 0 Å². The van der Waals surface area contributed by atoms with Crippen LogP contribution in [0.15, 0.2) is 24.3 Å². The van der Waals surface area contributed by atoms with Gasteiger partial charge < -0.3 is 19.9 Å². The van der Waals surface area contributed by atoms with E-state index in [-0.39, 0.29) is 28.5 Å². The number of ether oxygens (including phenoxy) is 2. The van der Waals surface area contributed by atoms with Gasteiger partial charge >= 0.3 is 0 Å². The summed E-state index contributed by atoms with van der Waals surface area (Å²) in [4.78, 5) is 12.7. The zero-order valence-electron chi connectivity index (χ0n) is 14.4. The number of fused-ring (bicyclic) bond motifs is 1. The highest BCUT2D eigenvalue weighted by Crippen LogP contribution is 2.37. The molecule has 0 fully saturated rings. The van der Waals surface area contributed by atoms with Gasteiger partial charge in [0.1, 0.15) is 5.75 Å². The lowest BCUT2D eigenvalue weighted by atomic mass is 10.0. The van der Waals surface area contributed by atoms with E-state index in [0.717, 1.165) is 23.3 Å². The van der Waals surface area contributed by atoms with E-state index in [2.05, 4.69) is 5.32 Å². The lowest BCUT2D eigenvalue weighted by molar-refractivity contribution is 0.0939. The predicted octanol–water partition coefficient (Wildman–Crippen LogP) is 4.52. The molecule has 26 heavy (non-hydrogen) atoms. The molecule has 1 amide bonds. The van der Waals surface area contributed by atoms with Crippen molar-refractivity contribution in [3.05, 3.63) is 51.0 Å². The average molecular weight is 396 g/mol. The standard InChI is InChI=1S/C19H19Cl2NO4/c1-3-25-16-8-12(7-15(21)17(16)23)19(24)22-10(2)14-9-13(20)6-11-4-5-26-18(11)14/h6-10,23H,3-5H2,1-2H3,(H,22,24). The molecule has 1 unspecified atom stereocenters. The molecule has 0 aromatic heterocycles. The molecule has 0 aliphatic carbocycles. The summed E-state index contributed by atoms with van der Waals surface area (Å²) in [6.07, 6.45) is 0.800. The van der Waals surface area contributed by atoms with Gasteiger partial charge in [-0.1, -0.05) is 23.2 Å². The van der Waals surface area contributed by atoms with E-state index in [1.54, 1.807) is 13.0 Å². The normalized spacial score (nSPS) is 13.7. The van der Waals surface area contributed by atoms with E-state index in [0.29, 0.717) is 23.8 Å². The quantitative estimate of drug-likeness (QED) is 0.780. The second-order valence-electron chi connectivity index (χ2n) is 6.01. The van der Waals surface area contributed by atoms with Gasteiger partial charge in [0.05, 0.1) is 24.3 Å². The first-order valence-electron chi connectivity index (χ1n) is 8.32. The molecule has 1 atom stereocenters. The average Bonchev–Trinajstić information content (AvgIpc) is 3.06. The van der Waals surface area contributed by atoms with E-state index in [1.165, 1.54) is 12.1 Å². The number of rotatable bonds is 5. The fourth-order valence-corrected chi connectivity index (χ4v) is 3.41. The number of carbonyl (C=O) groups excluding carboxylic acids is 1. The van der Waals surface area contributed by atoms with Crippen LogP contribution in [0.3, 0.4) is 0 Å². The maximum atomic E-state index is 12.7. The minimum atomic E-state index is -0.341. The van der Waals surface area contributed by atoms with Crippen LogP contribution in [-0.2, 0) is 6.42 Å². The van der Waals surface area contributed by atoms with Gasteiger partial charge in [0.25, 0.3) is 5.91 Å². The first-order chi connectivity index (χ1) is 12.4. The molecule has 1 aliphatic rings. The van der Waals surface area contributed by atoms with Crippen molar-refractivity contribution in [1.29, 1.82) is 0 Å². The molecule has 0 spiro atoms. The fourth-order valence-electron chi connectivity index (χ4n) is 2.95. The number of phenols is 1. The molecule has 2 aromatic carbocycles.